The number of hydrogen-bond acceptors (Lipinski definition) is 15. The lowest BCUT2D eigenvalue weighted by Crippen LogP contribution is -2.30. The zero-order chi connectivity index (χ0) is 77.4. The number of ether oxygens (including phenoxy) is 4. The van der Waals surface area contributed by atoms with Crippen molar-refractivity contribution < 1.29 is 80.2 Å². The largest absolute Gasteiger partial charge is 0.472 e. The summed E-state index contributed by atoms with van der Waals surface area (Å²) in [7, 11) is -10.1. The number of aliphatic hydroxyl groups excluding tert-OH is 1. The number of esters is 4. The molecule has 19 heteroatoms. The number of unbranched alkanes of at least 4 members (excludes halogenated alkanes) is 3. The van der Waals surface area contributed by atoms with Gasteiger partial charge in [-0.15, -0.1) is 0 Å². The first-order valence-corrected chi connectivity index (χ1v) is 41.3. The van der Waals surface area contributed by atoms with Gasteiger partial charge in [0.05, 0.1) is 32.8 Å². The maximum atomic E-state index is 13.1. The molecule has 0 rings (SSSR count). The number of hydrogen-bond donors (Lipinski definition) is 3. The Bertz CT molecular complexity index is 2980. The maximum Gasteiger partial charge on any atom is 0.472 e. The molecule has 0 bridgehead atoms. The molecule has 0 aliphatic carbocycles. The van der Waals surface area contributed by atoms with Gasteiger partial charge in [-0.3, -0.25) is 37.3 Å². The second-order valence-corrected chi connectivity index (χ2v) is 27.0. The third kappa shape index (κ3) is 75.1. The molecule has 0 aliphatic heterocycles. The molecule has 0 aromatic heterocycles. The summed E-state index contributed by atoms with van der Waals surface area (Å²) in [5.41, 5.74) is 0. The molecule has 0 saturated heterocycles. The van der Waals surface area contributed by atoms with Gasteiger partial charge in [-0.25, -0.2) is 9.13 Å². The lowest BCUT2D eigenvalue weighted by molar-refractivity contribution is -0.161. The van der Waals surface area contributed by atoms with Gasteiger partial charge in [0, 0.05) is 19.3 Å². The van der Waals surface area contributed by atoms with Gasteiger partial charge in [0.15, 0.2) is 12.2 Å². The first kappa shape index (κ1) is 98.9. The number of phosphoric ester groups is 2. The predicted molar refractivity (Wildman–Crippen MR) is 435 cm³/mol. The number of rotatable bonds is 68. The van der Waals surface area contributed by atoms with Crippen LogP contribution in [-0.2, 0) is 65.4 Å². The zero-order valence-corrected chi connectivity index (χ0v) is 66.0. The molecule has 0 aromatic rings. The van der Waals surface area contributed by atoms with E-state index < -0.39 is 97.5 Å². The zero-order valence-electron chi connectivity index (χ0n) is 64.2. The van der Waals surface area contributed by atoms with Crippen molar-refractivity contribution >= 4 is 39.5 Å². The summed E-state index contributed by atoms with van der Waals surface area (Å²) in [6.07, 6.45) is 99.3. The van der Waals surface area contributed by atoms with E-state index in [2.05, 4.69) is 210 Å². The molecule has 106 heavy (non-hydrogen) atoms. The summed E-state index contributed by atoms with van der Waals surface area (Å²) in [5.74, 6) is -2.58. The number of aliphatic hydroxyl groups is 1. The molecule has 5 atom stereocenters. The highest BCUT2D eigenvalue weighted by Crippen LogP contribution is 2.45. The van der Waals surface area contributed by atoms with Gasteiger partial charge in [-0.1, -0.05) is 271 Å². The Balaban J connectivity index is 5.63. The molecule has 0 amide bonds. The molecule has 0 heterocycles. The van der Waals surface area contributed by atoms with Crippen molar-refractivity contribution in [3.05, 3.63) is 243 Å². The smallest absolute Gasteiger partial charge is 0.462 e. The van der Waals surface area contributed by atoms with Crippen molar-refractivity contribution in [1.29, 1.82) is 0 Å². The second-order valence-electron chi connectivity index (χ2n) is 24.1. The summed E-state index contributed by atoms with van der Waals surface area (Å²) < 4.78 is 68.2. The van der Waals surface area contributed by atoms with E-state index in [0.717, 1.165) is 122 Å². The third-order valence-electron chi connectivity index (χ3n) is 14.3. The van der Waals surface area contributed by atoms with Gasteiger partial charge in [0.25, 0.3) is 0 Å². The van der Waals surface area contributed by atoms with Crippen LogP contribution in [0.4, 0.5) is 0 Å². The minimum absolute atomic E-state index is 0.00840. The van der Waals surface area contributed by atoms with Gasteiger partial charge >= 0.3 is 39.5 Å². The number of phosphoric acid groups is 2. The highest BCUT2D eigenvalue weighted by Gasteiger charge is 2.30. The monoisotopic (exact) mass is 1510 g/mol. The summed E-state index contributed by atoms with van der Waals surface area (Å²) >= 11 is 0. The average Bonchev–Trinajstić information content (AvgIpc) is 0.902. The van der Waals surface area contributed by atoms with Gasteiger partial charge < -0.3 is 33.8 Å². The van der Waals surface area contributed by atoms with E-state index in [-0.39, 0.29) is 25.7 Å². The van der Waals surface area contributed by atoms with Crippen LogP contribution in [0.3, 0.4) is 0 Å². The Kier molecular flexibility index (Phi) is 70.9. The first-order chi connectivity index (χ1) is 51.7. The van der Waals surface area contributed by atoms with Crippen LogP contribution >= 0.6 is 15.6 Å². The van der Waals surface area contributed by atoms with Crippen molar-refractivity contribution in [2.24, 2.45) is 0 Å². The number of allylic oxidation sites excluding steroid dienone is 39. The van der Waals surface area contributed by atoms with E-state index >= 15 is 0 Å². The molecule has 0 radical (unpaired) electrons. The molecular weight excluding hydrogens is 1380 g/mol. The van der Waals surface area contributed by atoms with E-state index in [1.54, 1.807) is 6.08 Å². The van der Waals surface area contributed by atoms with Gasteiger partial charge in [-0.05, 0) is 167 Å². The Morgan fingerprint density at radius 3 is 0.830 bits per heavy atom. The molecule has 0 spiro atoms. The quantitative estimate of drug-likeness (QED) is 0.0169. The van der Waals surface area contributed by atoms with E-state index in [4.69, 9.17) is 37.0 Å². The van der Waals surface area contributed by atoms with Crippen LogP contribution in [0.2, 0.25) is 0 Å². The van der Waals surface area contributed by atoms with E-state index in [9.17, 15) is 43.2 Å². The number of carbonyl (C=O) groups excluding carboxylic acids is 4. The summed E-state index contributed by atoms with van der Waals surface area (Å²) in [4.78, 5) is 72.8. The minimum Gasteiger partial charge on any atom is -0.462 e. The van der Waals surface area contributed by atoms with Crippen molar-refractivity contribution in [2.45, 2.75) is 239 Å². The Hall–Kier alpha value is -7.14. The fourth-order valence-electron chi connectivity index (χ4n) is 8.70. The highest BCUT2D eigenvalue weighted by molar-refractivity contribution is 7.47. The van der Waals surface area contributed by atoms with Gasteiger partial charge in [0.2, 0.25) is 0 Å². The third-order valence-corrected chi connectivity index (χ3v) is 16.2. The number of carbonyl (C=O) groups is 4. The topological polar surface area (TPSA) is 237 Å². The molecule has 5 unspecified atom stereocenters. The predicted octanol–water partition coefficient (Wildman–Crippen LogP) is 22.4. The van der Waals surface area contributed by atoms with Crippen LogP contribution in [0.1, 0.15) is 220 Å². The van der Waals surface area contributed by atoms with Gasteiger partial charge in [0.1, 0.15) is 19.3 Å². The van der Waals surface area contributed by atoms with Crippen molar-refractivity contribution in [3.8, 4) is 0 Å². The average molecular weight is 1510 g/mol. The van der Waals surface area contributed by atoms with Crippen LogP contribution in [-0.4, -0.2) is 96.7 Å². The standard InChI is InChI=1S/C87H130O17P2/c1-5-9-13-17-21-25-29-33-37-39-40-42-45-48-52-56-60-64-68-72-85(90)98-78-83(104-87(92)74-70-66-62-58-54-50-46-41-38-34-30-26-22-18-14-10-6-2)80-102-106(95,96)100-76-81(88)75-99-105(93,94)101-79-82(103-86(91)73-69-65-61-57-53-49-44-36-32-28-24-20-16-12-8-4)77-97-84(89)71-67-63-59-55-51-47-43-35-31-27-23-19-15-11-7-3/h9-16,21-28,33-38,40,42-44,46,48,50-53,55,57-58,60,62-64,67,81-83,88H,5-8,17-20,29-32,39,41,45,47,49,54,56,59,61,65-66,68-80H2,1-4H3,(H,93,94)(H,95,96)/b13-9-,14-10-,15-11-,16-12-,25-21-,26-22-,27-23-,28-24-,37-33-,38-34-,42-40-,43-35-,44-36-,50-46-,52-48-,55-51-,57-53-,62-58-,64-60-,67-63-. The van der Waals surface area contributed by atoms with Crippen molar-refractivity contribution in [1.82, 2.24) is 0 Å². The molecule has 590 valence electrons. The lowest BCUT2D eigenvalue weighted by Gasteiger charge is -2.21. The maximum absolute atomic E-state index is 13.1. The van der Waals surface area contributed by atoms with Crippen LogP contribution in [0.25, 0.3) is 0 Å². The van der Waals surface area contributed by atoms with Crippen molar-refractivity contribution in [2.75, 3.05) is 39.6 Å². The normalized spacial score (nSPS) is 15.2. The molecular formula is C87H130O17P2. The first-order valence-electron chi connectivity index (χ1n) is 38.3. The van der Waals surface area contributed by atoms with Crippen LogP contribution in [0, 0.1) is 0 Å². The Labute approximate surface area is 637 Å². The molecule has 0 saturated carbocycles. The molecule has 0 aliphatic rings. The molecule has 0 aromatic carbocycles. The summed E-state index contributed by atoms with van der Waals surface area (Å²) in [6, 6.07) is 0. The van der Waals surface area contributed by atoms with E-state index in [1.165, 1.54) is 0 Å². The summed E-state index contributed by atoms with van der Waals surface area (Å²) in [6.45, 7) is 4.02. The summed E-state index contributed by atoms with van der Waals surface area (Å²) in [5, 5.41) is 10.6. The fourth-order valence-corrected chi connectivity index (χ4v) is 10.3. The molecule has 17 nitrogen and oxygen atoms in total. The Morgan fingerprint density at radius 2 is 0.519 bits per heavy atom. The molecule has 3 N–H and O–H groups in total. The Morgan fingerprint density at radius 1 is 0.274 bits per heavy atom. The minimum atomic E-state index is -5.03. The van der Waals surface area contributed by atoms with Crippen LogP contribution in [0.15, 0.2) is 243 Å². The fraction of sp³-hybridized carbons (Fsp3) is 0.494. The van der Waals surface area contributed by atoms with Crippen LogP contribution in [0.5, 0.6) is 0 Å². The second kappa shape index (κ2) is 76.1. The van der Waals surface area contributed by atoms with Crippen molar-refractivity contribution in [3.63, 3.8) is 0 Å². The van der Waals surface area contributed by atoms with E-state index in [0.29, 0.717) is 44.9 Å². The molecule has 0 fully saturated rings. The highest BCUT2D eigenvalue weighted by atomic mass is 31.2. The van der Waals surface area contributed by atoms with Gasteiger partial charge in [-0.2, -0.15) is 0 Å². The SMILES string of the molecule is CC/C=C\C/C=C\C/C=C\C/C=C\C/C=C\C/C=C\CCC(=O)OCC(COP(=O)(O)OCC(O)COP(=O)(O)OCC(COC(=O)C/C=C\C/C=C\C/C=C\C/C=C\C/C=C\CC)OC(=O)CCCC/C=C\C/C=C\C/C=C\C/C=C\CC)OC(=O)CCC/C=C\C/C=C\C/C=C\C/C=C\C/C=C\CC. The van der Waals surface area contributed by atoms with Crippen LogP contribution < -0.4 is 0 Å². The van der Waals surface area contributed by atoms with E-state index in [1.807, 2.05) is 54.7 Å². The lowest BCUT2D eigenvalue weighted by atomic mass is 10.2.